The van der Waals surface area contributed by atoms with Gasteiger partial charge < -0.3 is 0 Å². The van der Waals surface area contributed by atoms with Crippen LogP contribution in [0, 0.1) is 11.5 Å². The van der Waals surface area contributed by atoms with Crippen molar-refractivity contribution < 1.29 is 0 Å². The number of allylic oxidation sites excluding steroid dienone is 1. The molecule has 0 saturated carbocycles. The summed E-state index contributed by atoms with van der Waals surface area (Å²) in [5.41, 5.74) is 13.2. The van der Waals surface area contributed by atoms with Gasteiger partial charge in [-0.2, -0.15) is 0 Å². The molecule has 1 heterocycles. The van der Waals surface area contributed by atoms with Crippen LogP contribution in [-0.2, 0) is 10.8 Å². The Morgan fingerprint density at radius 1 is 0.676 bits per heavy atom. The molecule has 0 aliphatic carbocycles. The van der Waals surface area contributed by atoms with Crippen molar-refractivity contribution in [2.75, 3.05) is 0 Å². The molecule has 4 rings (SSSR count). The smallest absolute Gasteiger partial charge is 0.127 e. The van der Waals surface area contributed by atoms with Gasteiger partial charge in [-0.1, -0.05) is 147 Å². The van der Waals surface area contributed by atoms with E-state index in [-0.39, 0.29) is 10.8 Å². The summed E-state index contributed by atoms with van der Waals surface area (Å²) in [6.45, 7) is 26.0. The number of hydrogen-bond acceptors (Lipinski definition) is 0. The molecule has 0 spiro atoms. The van der Waals surface area contributed by atoms with Crippen LogP contribution >= 0.6 is 0 Å². The maximum Gasteiger partial charge on any atom is 0.129 e. The Morgan fingerprint density at radius 3 is 1.54 bits per heavy atom. The fourth-order valence-corrected chi connectivity index (χ4v) is 8.77. The molecule has 0 unspecified atom stereocenters. The van der Waals surface area contributed by atoms with Gasteiger partial charge in [0.15, 0.2) is 0 Å². The quantitative estimate of drug-likeness (QED) is 0.224. The minimum Gasteiger partial charge on any atom is -0.127 e. The predicted octanol–water partition coefficient (Wildman–Crippen LogP) is 8.26. The van der Waals surface area contributed by atoms with Crippen LogP contribution in [0.2, 0.25) is 32.7 Å². The van der Waals surface area contributed by atoms with Gasteiger partial charge in [-0.3, -0.25) is 0 Å². The Kier molecular flexibility index (Phi) is 6.89. The molecule has 3 aromatic carbocycles. The molecule has 1 aliphatic rings. The molecule has 0 fully saturated rings. The second-order valence-electron chi connectivity index (χ2n) is 14.3. The lowest BCUT2D eigenvalue weighted by atomic mass is 9.82. The molecule has 0 radical (unpaired) electrons. The zero-order chi connectivity index (χ0) is 27.4. The van der Waals surface area contributed by atoms with Crippen molar-refractivity contribution in [1.82, 2.24) is 0 Å². The number of hydrogen-bond donors (Lipinski definition) is 0. The van der Waals surface area contributed by atoms with E-state index in [1.165, 1.54) is 49.3 Å². The normalized spacial score (nSPS) is 14.8. The Hall–Kier alpha value is -2.61. The van der Waals surface area contributed by atoms with Gasteiger partial charge in [0, 0.05) is 11.1 Å². The molecule has 2 heteroatoms. The van der Waals surface area contributed by atoms with E-state index in [2.05, 4.69) is 152 Å². The van der Waals surface area contributed by atoms with Crippen LogP contribution < -0.4 is 10.4 Å². The second-order valence-corrected chi connectivity index (χ2v) is 23.3. The third kappa shape index (κ3) is 5.49. The molecule has 37 heavy (non-hydrogen) atoms. The van der Waals surface area contributed by atoms with E-state index in [0.29, 0.717) is 0 Å². The zero-order valence-corrected chi connectivity index (χ0v) is 26.9. The Labute approximate surface area is 228 Å². The molecule has 0 amide bonds. The third-order valence-electron chi connectivity index (χ3n) is 7.53. The van der Waals surface area contributed by atoms with E-state index in [1.807, 2.05) is 0 Å². The minimum absolute atomic E-state index is 0.108. The fourth-order valence-electron chi connectivity index (χ4n) is 5.19. The average Bonchev–Trinajstić information content (AvgIpc) is 2.79. The Bertz CT molecular complexity index is 1350. The number of benzene rings is 3. The molecule has 0 N–H and O–H groups in total. The molecule has 0 saturated heterocycles. The van der Waals surface area contributed by atoms with E-state index in [1.54, 1.807) is 0 Å². The summed E-state index contributed by atoms with van der Waals surface area (Å²) in [6.07, 6.45) is 0. The molecule has 0 atom stereocenters. The molecular formula is C35H44Si2. The van der Waals surface area contributed by atoms with Crippen molar-refractivity contribution >= 4 is 37.7 Å². The first kappa shape index (κ1) is 27.4. The minimum atomic E-state index is -1.97. The molecule has 192 valence electrons. The van der Waals surface area contributed by atoms with Gasteiger partial charge in [-0.15, -0.1) is 5.54 Å². The molecule has 3 aromatic rings. The van der Waals surface area contributed by atoms with Crippen LogP contribution in [0.25, 0.3) is 11.1 Å². The van der Waals surface area contributed by atoms with Crippen molar-refractivity contribution in [1.29, 1.82) is 0 Å². The Balaban J connectivity index is 2.19. The van der Waals surface area contributed by atoms with Crippen molar-refractivity contribution in [2.45, 2.75) is 85.1 Å². The van der Waals surface area contributed by atoms with Crippen molar-refractivity contribution in [3.8, 4) is 11.5 Å². The molecular weight excluding hydrogens is 477 g/mol. The maximum absolute atomic E-state index is 3.75. The summed E-state index contributed by atoms with van der Waals surface area (Å²) in [5.74, 6) is 3.75. The van der Waals surface area contributed by atoms with Crippen molar-refractivity contribution in [3.05, 3.63) is 94.5 Å². The van der Waals surface area contributed by atoms with E-state index in [4.69, 9.17) is 0 Å². The van der Waals surface area contributed by atoms with Gasteiger partial charge in [-0.05, 0) is 49.0 Å². The highest BCUT2D eigenvalue weighted by atomic mass is 28.3. The highest BCUT2D eigenvalue weighted by Crippen LogP contribution is 2.38. The molecule has 0 nitrogen and oxygen atoms in total. The van der Waals surface area contributed by atoms with Gasteiger partial charge in [0.2, 0.25) is 0 Å². The van der Waals surface area contributed by atoms with Gasteiger partial charge in [-0.25, -0.2) is 0 Å². The topological polar surface area (TPSA) is 0 Å². The first-order valence-corrected chi connectivity index (χ1v) is 20.1. The van der Waals surface area contributed by atoms with E-state index in [9.17, 15) is 0 Å². The van der Waals surface area contributed by atoms with E-state index in [0.717, 1.165) is 0 Å². The second kappa shape index (κ2) is 9.30. The first-order valence-electron chi connectivity index (χ1n) is 13.6. The summed E-state index contributed by atoms with van der Waals surface area (Å²) >= 11 is 0. The van der Waals surface area contributed by atoms with Crippen LogP contribution in [0.5, 0.6) is 0 Å². The van der Waals surface area contributed by atoms with Gasteiger partial charge in [0.25, 0.3) is 0 Å². The summed E-state index contributed by atoms with van der Waals surface area (Å²) < 4.78 is 0. The third-order valence-corrected chi connectivity index (χ3v) is 11.9. The molecule has 0 bridgehead atoms. The summed E-state index contributed by atoms with van der Waals surface area (Å²) in [7, 11) is -3.56. The standard InChI is InChI=1S/C35H44Si2/c1-34(2,3)26-17-19-29-31(23-26)37(10,11)32-24-27(35(4,5)6)18-20-30(32)33(29)28(21-22-36(7,8)9)25-15-13-12-14-16-25/h12-20,23-24H,1-11H3. The fraction of sp³-hybridized carbons (Fsp3) is 0.371. The van der Waals surface area contributed by atoms with Crippen LogP contribution in [-0.4, -0.2) is 16.1 Å². The first-order chi connectivity index (χ1) is 17.0. The number of rotatable bonds is 1. The highest BCUT2D eigenvalue weighted by Gasteiger charge is 2.39. The van der Waals surface area contributed by atoms with Gasteiger partial charge >= 0.3 is 0 Å². The molecule has 1 aliphatic heterocycles. The predicted molar refractivity (Wildman–Crippen MR) is 171 cm³/mol. The summed E-state index contributed by atoms with van der Waals surface area (Å²) in [5, 5.41) is 3.08. The van der Waals surface area contributed by atoms with E-state index < -0.39 is 16.1 Å². The Morgan fingerprint density at radius 2 is 1.14 bits per heavy atom. The summed E-state index contributed by atoms with van der Waals surface area (Å²) in [4.78, 5) is 0. The SMILES string of the molecule is CC(C)(C)c1ccc2c(c1)[Si](C)(C)c1cc(C(C)(C)C)ccc1C2=C(C#C[Si](C)(C)C)c1ccccc1. The summed E-state index contributed by atoms with van der Waals surface area (Å²) in [6, 6.07) is 25.4. The molecule has 0 aromatic heterocycles. The van der Waals surface area contributed by atoms with E-state index >= 15 is 0 Å². The van der Waals surface area contributed by atoms with Crippen LogP contribution in [0.3, 0.4) is 0 Å². The zero-order valence-electron chi connectivity index (χ0n) is 24.9. The van der Waals surface area contributed by atoms with Crippen molar-refractivity contribution in [3.63, 3.8) is 0 Å². The largest absolute Gasteiger partial charge is 0.129 e. The lowest BCUT2D eigenvalue weighted by Crippen LogP contribution is -2.58. The maximum atomic E-state index is 3.75. The van der Waals surface area contributed by atoms with Crippen LogP contribution in [0.4, 0.5) is 0 Å². The average molecular weight is 521 g/mol. The van der Waals surface area contributed by atoms with Gasteiger partial charge in [0.1, 0.15) is 16.1 Å². The van der Waals surface area contributed by atoms with Crippen LogP contribution in [0.15, 0.2) is 66.7 Å². The monoisotopic (exact) mass is 520 g/mol. The van der Waals surface area contributed by atoms with Crippen molar-refractivity contribution in [2.24, 2.45) is 0 Å². The van der Waals surface area contributed by atoms with Gasteiger partial charge in [0.05, 0.1) is 0 Å². The highest BCUT2D eigenvalue weighted by molar-refractivity contribution is 7.02. The number of fused-ring (bicyclic) bond motifs is 2. The lowest BCUT2D eigenvalue weighted by molar-refractivity contribution is 0.590. The van der Waals surface area contributed by atoms with Crippen LogP contribution in [0.1, 0.15) is 69.4 Å². The lowest BCUT2D eigenvalue weighted by Gasteiger charge is -2.38.